The van der Waals surface area contributed by atoms with Crippen LogP contribution in [0.1, 0.15) is 65.7 Å². The highest BCUT2D eigenvalue weighted by Crippen LogP contribution is 2.74. The summed E-state index contributed by atoms with van der Waals surface area (Å²) in [5.41, 5.74) is -0.116. The fourth-order valence-electron chi connectivity index (χ4n) is 10.8. The number of hydrogen-bond donors (Lipinski definition) is 3. The highest BCUT2D eigenvalue weighted by molar-refractivity contribution is 5.85. The average Bonchev–Trinajstić information content (AvgIpc) is 3.49. The van der Waals surface area contributed by atoms with Crippen LogP contribution in [0.5, 0.6) is 0 Å². The van der Waals surface area contributed by atoms with Gasteiger partial charge in [-0.2, -0.15) is 0 Å². The van der Waals surface area contributed by atoms with Crippen molar-refractivity contribution >= 4 is 5.97 Å². The van der Waals surface area contributed by atoms with E-state index < -0.39 is 29.3 Å². The summed E-state index contributed by atoms with van der Waals surface area (Å²) in [6.45, 7) is 6.84. The van der Waals surface area contributed by atoms with Crippen molar-refractivity contribution in [2.75, 3.05) is 13.7 Å². The zero-order valence-corrected chi connectivity index (χ0v) is 23.0. The van der Waals surface area contributed by atoms with E-state index in [1.165, 1.54) is 0 Å². The number of carbonyl (C=O) groups excluding carboxylic acids is 1. The van der Waals surface area contributed by atoms with Crippen LogP contribution in [-0.4, -0.2) is 83.3 Å². The fraction of sp³-hybridized carbons (Fsp3) is 0.900. The van der Waals surface area contributed by atoms with Gasteiger partial charge in [-0.15, -0.1) is 0 Å². The molecule has 0 aromatic rings. The summed E-state index contributed by atoms with van der Waals surface area (Å²) in [6, 6.07) is 0. The quantitative estimate of drug-likeness (QED) is 0.375. The minimum absolute atomic E-state index is 0.0134. The third kappa shape index (κ3) is 3.22. The molecule has 0 unspecified atom stereocenters. The summed E-state index contributed by atoms with van der Waals surface area (Å²) in [4.78, 5) is 11.9. The van der Waals surface area contributed by atoms with Crippen LogP contribution in [0.4, 0.5) is 0 Å². The Morgan fingerprint density at radius 3 is 2.53 bits per heavy atom. The molecule has 0 aromatic carbocycles. The van der Waals surface area contributed by atoms with Crippen LogP contribution < -0.4 is 0 Å². The van der Waals surface area contributed by atoms with Gasteiger partial charge in [0.1, 0.15) is 24.9 Å². The maximum Gasteiger partial charge on any atom is 0.331 e. The van der Waals surface area contributed by atoms with Gasteiger partial charge in [-0.3, -0.25) is 0 Å². The van der Waals surface area contributed by atoms with Gasteiger partial charge in [0.15, 0.2) is 0 Å². The van der Waals surface area contributed by atoms with Crippen molar-refractivity contribution < 1.29 is 39.1 Å². The lowest BCUT2D eigenvalue weighted by molar-refractivity contribution is -0.246. The summed E-state index contributed by atoms with van der Waals surface area (Å²) in [5.74, 6) is 1.03. The van der Waals surface area contributed by atoms with Gasteiger partial charge in [0.25, 0.3) is 0 Å². The van der Waals surface area contributed by atoms with Crippen LogP contribution in [-0.2, 0) is 23.7 Å². The molecule has 38 heavy (non-hydrogen) atoms. The molecule has 0 aromatic heterocycles. The third-order valence-corrected chi connectivity index (χ3v) is 12.9. The average molecular weight is 533 g/mol. The Kier molecular flexibility index (Phi) is 5.79. The van der Waals surface area contributed by atoms with Gasteiger partial charge in [-0.05, 0) is 92.4 Å². The van der Waals surface area contributed by atoms with E-state index in [0.29, 0.717) is 18.4 Å². The Morgan fingerprint density at radius 1 is 1.03 bits per heavy atom. The number of aliphatic hydroxyl groups is 3. The van der Waals surface area contributed by atoms with E-state index >= 15 is 0 Å². The Balaban J connectivity index is 1.14. The first-order valence-electron chi connectivity index (χ1n) is 14.8. The highest BCUT2D eigenvalue weighted by Gasteiger charge is 2.79. The van der Waals surface area contributed by atoms with Gasteiger partial charge in [-0.25, -0.2) is 4.79 Å². The van der Waals surface area contributed by atoms with E-state index in [0.717, 1.165) is 50.5 Å². The second-order valence-corrected chi connectivity index (χ2v) is 14.1. The predicted octanol–water partition coefficient (Wildman–Crippen LogP) is 2.37. The van der Waals surface area contributed by atoms with Crippen molar-refractivity contribution in [1.29, 1.82) is 0 Å². The smallest absolute Gasteiger partial charge is 0.331 e. The Hall–Kier alpha value is -1.03. The van der Waals surface area contributed by atoms with Crippen molar-refractivity contribution in [3.05, 3.63) is 11.6 Å². The summed E-state index contributed by atoms with van der Waals surface area (Å²) in [6.07, 6.45) is 5.35. The van der Waals surface area contributed by atoms with Crippen molar-refractivity contribution in [2.45, 2.75) is 114 Å². The molecule has 4 aliphatic carbocycles. The Morgan fingerprint density at radius 2 is 1.82 bits per heavy atom. The van der Waals surface area contributed by atoms with Crippen LogP contribution in [0.25, 0.3) is 0 Å². The largest absolute Gasteiger partial charge is 0.458 e. The lowest BCUT2D eigenvalue weighted by Gasteiger charge is -2.62. The summed E-state index contributed by atoms with van der Waals surface area (Å²) in [5, 5.41) is 34.1. The number of esters is 1. The van der Waals surface area contributed by atoms with Gasteiger partial charge in [-0.1, -0.05) is 13.8 Å². The van der Waals surface area contributed by atoms with Crippen LogP contribution in [0.15, 0.2) is 11.6 Å². The normalized spacial score (nSPS) is 59.2. The van der Waals surface area contributed by atoms with Gasteiger partial charge >= 0.3 is 5.97 Å². The van der Waals surface area contributed by atoms with E-state index in [2.05, 4.69) is 13.8 Å². The van der Waals surface area contributed by atoms with Crippen LogP contribution in [0.2, 0.25) is 0 Å². The molecule has 3 N–H and O–H groups in total. The fourth-order valence-corrected chi connectivity index (χ4v) is 10.8. The van der Waals surface area contributed by atoms with Crippen molar-refractivity contribution in [3.8, 4) is 0 Å². The SMILES string of the molecule is CO[C@H]1[C@@H](O)[C@H]([C@H]2CC[C@@]3(C)[C@H](CC[C@@H]4[C@@H]3[C@@H]3O[C@@H]3[C@]3(C)[C@H](C5=CC(=O)OC5)CC[C@]43O)C2)O[C@@H](C)[C@@H]1O. The maximum absolute atomic E-state index is 12.5. The van der Waals surface area contributed by atoms with E-state index in [1.54, 1.807) is 13.2 Å². The van der Waals surface area contributed by atoms with Crippen molar-refractivity contribution in [2.24, 2.45) is 40.4 Å². The Labute approximate surface area is 225 Å². The minimum atomic E-state index is -0.847. The molecule has 0 bridgehead atoms. The number of aliphatic hydroxyl groups excluding tert-OH is 2. The van der Waals surface area contributed by atoms with Gasteiger partial charge in [0, 0.05) is 18.6 Å². The minimum Gasteiger partial charge on any atom is -0.458 e. The van der Waals surface area contributed by atoms with Crippen molar-refractivity contribution in [1.82, 2.24) is 0 Å². The predicted molar refractivity (Wildman–Crippen MR) is 136 cm³/mol. The number of rotatable bonds is 3. The second-order valence-electron chi connectivity index (χ2n) is 14.1. The first kappa shape index (κ1) is 25.9. The van der Waals surface area contributed by atoms with E-state index in [-0.39, 0.29) is 53.6 Å². The first-order chi connectivity index (χ1) is 18.0. The molecule has 4 saturated carbocycles. The standard InChI is InChI=1S/C30H44O8/c1-14-22(32)26(35-4)23(33)24(37-14)15-7-9-28(2)17(11-15)5-6-19-21(28)25-27(38-25)29(3)18(8-10-30(19,29)34)16-12-20(31)36-13-16/h12,14-15,17-19,21-27,32-34H,5-11,13H2,1-4H3/t14-,15-,17+,18-,19+,21+,22-,23-,24-,25-,26+,27-,28-,29-,30-/m0/s1. The van der Waals surface area contributed by atoms with Gasteiger partial charge in [0.05, 0.1) is 30.0 Å². The molecule has 7 rings (SSSR count). The number of methoxy groups -OCH3 is 1. The monoisotopic (exact) mass is 532 g/mol. The zero-order valence-electron chi connectivity index (χ0n) is 23.0. The molecule has 2 saturated heterocycles. The molecule has 15 atom stereocenters. The lowest BCUT2D eigenvalue weighted by atomic mass is 9.42. The van der Waals surface area contributed by atoms with Gasteiger partial charge in [0.2, 0.25) is 0 Å². The second kappa shape index (κ2) is 8.49. The molecule has 3 aliphatic heterocycles. The lowest BCUT2D eigenvalue weighted by Crippen LogP contribution is -2.66. The Bertz CT molecular complexity index is 1030. The molecule has 6 fully saturated rings. The number of ether oxygens (including phenoxy) is 4. The first-order valence-corrected chi connectivity index (χ1v) is 14.8. The summed E-state index contributed by atoms with van der Waals surface area (Å²) < 4.78 is 23.5. The van der Waals surface area contributed by atoms with Crippen LogP contribution in [0.3, 0.4) is 0 Å². The molecule has 3 heterocycles. The molecule has 0 radical (unpaired) electrons. The number of hydrogen-bond acceptors (Lipinski definition) is 8. The zero-order chi connectivity index (χ0) is 26.8. The molecule has 7 aliphatic rings. The molecular formula is C30H44O8. The van der Waals surface area contributed by atoms with Crippen LogP contribution >= 0.6 is 0 Å². The topological polar surface area (TPSA) is 118 Å². The molecule has 0 spiro atoms. The van der Waals surface area contributed by atoms with Crippen molar-refractivity contribution in [3.63, 3.8) is 0 Å². The van der Waals surface area contributed by atoms with E-state index in [1.807, 2.05) is 6.92 Å². The van der Waals surface area contributed by atoms with E-state index in [4.69, 9.17) is 18.9 Å². The number of epoxide rings is 1. The highest BCUT2D eigenvalue weighted by atomic mass is 16.6. The van der Waals surface area contributed by atoms with Crippen LogP contribution in [0, 0.1) is 40.4 Å². The van der Waals surface area contributed by atoms with E-state index in [9.17, 15) is 20.1 Å². The molecule has 0 amide bonds. The number of cyclic esters (lactones) is 1. The molecule has 8 heteroatoms. The van der Waals surface area contributed by atoms with Gasteiger partial charge < -0.3 is 34.3 Å². The number of carbonyl (C=O) groups is 1. The third-order valence-electron chi connectivity index (χ3n) is 12.9. The molecule has 8 nitrogen and oxygen atoms in total. The summed E-state index contributed by atoms with van der Waals surface area (Å²) >= 11 is 0. The summed E-state index contributed by atoms with van der Waals surface area (Å²) in [7, 11) is 1.54. The molecular weight excluding hydrogens is 488 g/mol. The number of fused-ring (bicyclic) bond motifs is 8. The maximum atomic E-state index is 12.5. The molecule has 212 valence electrons.